The topological polar surface area (TPSA) is 59.1 Å². The van der Waals surface area contributed by atoms with Crippen molar-refractivity contribution in [1.82, 2.24) is 4.98 Å². The third-order valence-corrected chi connectivity index (χ3v) is 6.58. The van der Waals surface area contributed by atoms with Crippen LogP contribution in [0.15, 0.2) is 46.7 Å². The molecule has 2 aromatic carbocycles. The van der Waals surface area contributed by atoms with Crippen molar-refractivity contribution in [2.75, 3.05) is 4.72 Å². The number of rotatable bonds is 4. The molecule has 0 amide bonds. The van der Waals surface area contributed by atoms with Crippen LogP contribution in [0.1, 0.15) is 10.6 Å². The van der Waals surface area contributed by atoms with Gasteiger partial charge in [-0.05, 0) is 43.7 Å². The van der Waals surface area contributed by atoms with Gasteiger partial charge >= 0.3 is 0 Å². The Morgan fingerprint density at radius 2 is 1.72 bits per heavy atom. The molecule has 1 heterocycles. The molecule has 0 bridgehead atoms. The number of nitrogens with zero attached hydrogens (tertiary/aromatic N) is 1. The Hall–Kier alpha value is -1.60. The summed E-state index contributed by atoms with van der Waals surface area (Å²) >= 11 is 13.6. The molecule has 0 saturated heterocycles. The lowest BCUT2D eigenvalue weighted by Crippen LogP contribution is -2.13. The van der Waals surface area contributed by atoms with Crippen molar-refractivity contribution >= 4 is 50.2 Å². The molecule has 0 radical (unpaired) electrons. The Balaban J connectivity index is 1.87. The third-order valence-electron chi connectivity index (χ3n) is 3.55. The molecule has 0 atom stereocenters. The number of aromatic nitrogens is 1. The summed E-state index contributed by atoms with van der Waals surface area (Å²) in [5.41, 5.74) is 2.88. The predicted molar refractivity (Wildman–Crippen MR) is 104 cm³/mol. The average Bonchev–Trinajstić information content (AvgIpc) is 2.97. The minimum atomic E-state index is -3.81. The minimum absolute atomic E-state index is 0.00438. The van der Waals surface area contributed by atoms with Crippen molar-refractivity contribution in [3.05, 3.63) is 62.4 Å². The number of benzene rings is 2. The average molecular weight is 413 g/mol. The molecule has 4 nitrogen and oxygen atoms in total. The van der Waals surface area contributed by atoms with Gasteiger partial charge in [-0.25, -0.2) is 13.4 Å². The second kappa shape index (κ2) is 6.96. The van der Waals surface area contributed by atoms with Crippen LogP contribution in [0, 0.1) is 13.8 Å². The van der Waals surface area contributed by atoms with Gasteiger partial charge in [0.25, 0.3) is 10.0 Å². The van der Waals surface area contributed by atoms with Crippen LogP contribution in [0.25, 0.3) is 11.3 Å². The predicted octanol–water partition coefficient (Wildman–Crippen LogP) is 5.53. The third kappa shape index (κ3) is 3.98. The second-order valence-electron chi connectivity index (χ2n) is 5.47. The first-order valence-electron chi connectivity index (χ1n) is 7.27. The number of nitrogens with one attached hydrogen (secondary N) is 1. The van der Waals surface area contributed by atoms with Crippen LogP contribution < -0.4 is 4.72 Å². The van der Waals surface area contributed by atoms with E-state index in [1.807, 2.05) is 24.4 Å². The zero-order valence-corrected chi connectivity index (χ0v) is 16.5. The normalized spacial score (nSPS) is 11.5. The molecule has 0 fully saturated rings. The van der Waals surface area contributed by atoms with Gasteiger partial charge < -0.3 is 0 Å². The number of hydrogen-bond donors (Lipinski definition) is 1. The molecule has 0 aliphatic heterocycles. The van der Waals surface area contributed by atoms with Crippen LogP contribution in [0.4, 0.5) is 5.69 Å². The lowest BCUT2D eigenvalue weighted by Gasteiger charge is -2.11. The van der Waals surface area contributed by atoms with Gasteiger partial charge in [0.05, 0.1) is 15.7 Å². The maximum absolute atomic E-state index is 12.6. The first kappa shape index (κ1) is 18.2. The Bertz CT molecular complexity index is 1030. The van der Waals surface area contributed by atoms with Crippen LogP contribution in [0.2, 0.25) is 10.0 Å². The first-order valence-corrected chi connectivity index (χ1v) is 10.4. The highest BCUT2D eigenvalue weighted by atomic mass is 35.5. The van der Waals surface area contributed by atoms with Crippen LogP contribution in [-0.4, -0.2) is 13.4 Å². The lowest BCUT2D eigenvalue weighted by atomic mass is 10.1. The zero-order valence-electron chi connectivity index (χ0n) is 13.4. The van der Waals surface area contributed by atoms with E-state index in [0.717, 1.165) is 16.3 Å². The van der Waals surface area contributed by atoms with Gasteiger partial charge in [-0.3, -0.25) is 4.72 Å². The summed E-state index contributed by atoms with van der Waals surface area (Å²) in [7, 11) is -3.81. The fourth-order valence-electron chi connectivity index (χ4n) is 2.25. The standard InChI is InChI=1S/C17H14Cl2N2O2S2/c1-10-7-17(15(19)8-14(10)18)25(22,23)21-13-5-3-12(4-6-13)16-9-24-11(2)20-16/h3-9,21H,1-2H3. The number of hydrogen-bond acceptors (Lipinski definition) is 4. The molecular weight excluding hydrogens is 399 g/mol. The highest BCUT2D eigenvalue weighted by molar-refractivity contribution is 7.92. The van der Waals surface area contributed by atoms with E-state index in [4.69, 9.17) is 23.2 Å². The molecule has 0 saturated carbocycles. The minimum Gasteiger partial charge on any atom is -0.280 e. The van der Waals surface area contributed by atoms with E-state index in [9.17, 15) is 8.42 Å². The molecule has 0 aliphatic carbocycles. The fraction of sp³-hybridized carbons (Fsp3) is 0.118. The summed E-state index contributed by atoms with van der Waals surface area (Å²) < 4.78 is 27.7. The van der Waals surface area contributed by atoms with E-state index in [0.29, 0.717) is 16.3 Å². The zero-order chi connectivity index (χ0) is 18.2. The van der Waals surface area contributed by atoms with Gasteiger partial charge in [0.15, 0.2) is 0 Å². The highest BCUT2D eigenvalue weighted by Crippen LogP contribution is 2.30. The number of sulfonamides is 1. The molecule has 0 aliphatic rings. The van der Waals surface area contributed by atoms with Crippen molar-refractivity contribution in [2.45, 2.75) is 18.7 Å². The molecule has 130 valence electrons. The van der Waals surface area contributed by atoms with Gasteiger partial charge in [0.1, 0.15) is 4.90 Å². The number of thiazole rings is 1. The molecule has 3 rings (SSSR count). The van der Waals surface area contributed by atoms with E-state index in [1.54, 1.807) is 30.4 Å². The molecule has 8 heteroatoms. The first-order chi connectivity index (χ1) is 11.8. The molecule has 1 aromatic heterocycles. The van der Waals surface area contributed by atoms with E-state index >= 15 is 0 Å². The summed E-state index contributed by atoms with van der Waals surface area (Å²) in [4.78, 5) is 4.41. The second-order valence-corrected chi connectivity index (χ2v) is 8.99. The summed E-state index contributed by atoms with van der Waals surface area (Å²) in [5.74, 6) is 0. The summed E-state index contributed by atoms with van der Waals surface area (Å²) in [5, 5.41) is 3.45. The van der Waals surface area contributed by atoms with E-state index < -0.39 is 10.0 Å². The van der Waals surface area contributed by atoms with E-state index in [1.165, 1.54) is 12.1 Å². The molecular formula is C17H14Cl2N2O2S2. The Morgan fingerprint density at radius 1 is 1.04 bits per heavy atom. The quantitative estimate of drug-likeness (QED) is 0.612. The summed E-state index contributed by atoms with van der Waals surface area (Å²) in [6.45, 7) is 3.66. The van der Waals surface area contributed by atoms with Crippen LogP contribution >= 0.6 is 34.5 Å². The van der Waals surface area contributed by atoms with Crippen LogP contribution in [-0.2, 0) is 10.0 Å². The van der Waals surface area contributed by atoms with E-state index in [2.05, 4.69) is 9.71 Å². The highest BCUT2D eigenvalue weighted by Gasteiger charge is 2.19. The van der Waals surface area contributed by atoms with Gasteiger partial charge in [-0.1, -0.05) is 35.3 Å². The van der Waals surface area contributed by atoms with Crippen molar-refractivity contribution in [3.8, 4) is 11.3 Å². The Labute approximate surface area is 160 Å². The maximum atomic E-state index is 12.6. The van der Waals surface area contributed by atoms with E-state index in [-0.39, 0.29) is 9.92 Å². The van der Waals surface area contributed by atoms with Gasteiger partial charge in [0.2, 0.25) is 0 Å². The Kier molecular flexibility index (Phi) is 5.06. The van der Waals surface area contributed by atoms with Crippen LogP contribution in [0.3, 0.4) is 0 Å². The van der Waals surface area contributed by atoms with Gasteiger partial charge in [0, 0.05) is 21.7 Å². The summed E-state index contributed by atoms with van der Waals surface area (Å²) in [6, 6.07) is 9.92. The smallest absolute Gasteiger partial charge is 0.263 e. The SMILES string of the molecule is Cc1nc(-c2ccc(NS(=O)(=O)c3cc(C)c(Cl)cc3Cl)cc2)cs1. The number of anilines is 1. The molecule has 0 spiro atoms. The van der Waals surface area contributed by atoms with Crippen molar-refractivity contribution < 1.29 is 8.42 Å². The summed E-state index contributed by atoms with van der Waals surface area (Å²) in [6.07, 6.45) is 0. The molecule has 3 aromatic rings. The van der Waals surface area contributed by atoms with Crippen molar-refractivity contribution in [2.24, 2.45) is 0 Å². The maximum Gasteiger partial charge on any atom is 0.263 e. The number of halogens is 2. The Morgan fingerprint density at radius 3 is 2.32 bits per heavy atom. The van der Waals surface area contributed by atoms with Crippen LogP contribution in [0.5, 0.6) is 0 Å². The lowest BCUT2D eigenvalue weighted by molar-refractivity contribution is 0.601. The molecule has 25 heavy (non-hydrogen) atoms. The van der Waals surface area contributed by atoms with Gasteiger partial charge in [-0.15, -0.1) is 11.3 Å². The van der Waals surface area contributed by atoms with Crippen molar-refractivity contribution in [1.29, 1.82) is 0 Å². The fourth-order valence-corrected chi connectivity index (χ4v) is 4.77. The van der Waals surface area contributed by atoms with Crippen molar-refractivity contribution in [3.63, 3.8) is 0 Å². The monoisotopic (exact) mass is 412 g/mol. The largest absolute Gasteiger partial charge is 0.280 e. The molecule has 1 N–H and O–H groups in total. The van der Waals surface area contributed by atoms with Gasteiger partial charge in [-0.2, -0.15) is 0 Å². The molecule has 0 unspecified atom stereocenters. The number of aryl methyl sites for hydroxylation is 2.